The van der Waals surface area contributed by atoms with Crippen molar-refractivity contribution in [1.29, 1.82) is 0 Å². The van der Waals surface area contributed by atoms with Crippen molar-refractivity contribution >= 4 is 29.2 Å². The summed E-state index contributed by atoms with van der Waals surface area (Å²) in [5, 5.41) is 0. The fourth-order valence-corrected chi connectivity index (χ4v) is 1.32. The molecule has 1 N–H and O–H groups in total. The molecule has 0 fully saturated rings. The lowest BCUT2D eigenvalue weighted by Crippen LogP contribution is -2.15. The SMILES string of the molecule is CCOC(=O)c1c[nH]c(=O)c(C(Cl)Cl)c1. The second-order valence-electron chi connectivity index (χ2n) is 2.69. The third kappa shape index (κ3) is 2.97. The van der Waals surface area contributed by atoms with Gasteiger partial charge in [-0.25, -0.2) is 4.79 Å². The van der Waals surface area contributed by atoms with E-state index < -0.39 is 16.4 Å². The molecule has 0 aliphatic heterocycles. The largest absolute Gasteiger partial charge is 0.462 e. The van der Waals surface area contributed by atoms with Gasteiger partial charge in [0.15, 0.2) is 0 Å². The number of H-pyrrole nitrogens is 1. The summed E-state index contributed by atoms with van der Waals surface area (Å²) in [6.45, 7) is 1.95. The normalized spacial score (nSPS) is 10.4. The summed E-state index contributed by atoms with van der Waals surface area (Å²) in [6, 6.07) is 1.32. The van der Waals surface area contributed by atoms with Gasteiger partial charge >= 0.3 is 5.97 Å². The summed E-state index contributed by atoms with van der Waals surface area (Å²) in [5.74, 6) is -0.524. The van der Waals surface area contributed by atoms with Crippen molar-refractivity contribution in [1.82, 2.24) is 4.98 Å². The van der Waals surface area contributed by atoms with Gasteiger partial charge in [-0.1, -0.05) is 23.2 Å². The van der Waals surface area contributed by atoms with E-state index in [9.17, 15) is 9.59 Å². The van der Waals surface area contributed by atoms with Crippen molar-refractivity contribution in [3.05, 3.63) is 33.7 Å². The molecule has 4 nitrogen and oxygen atoms in total. The number of nitrogens with one attached hydrogen (secondary N) is 1. The van der Waals surface area contributed by atoms with Gasteiger partial charge in [-0.05, 0) is 13.0 Å². The molecule has 0 aliphatic rings. The van der Waals surface area contributed by atoms with Gasteiger partial charge in [0, 0.05) is 6.20 Å². The van der Waals surface area contributed by atoms with Crippen molar-refractivity contribution in [3.8, 4) is 0 Å². The van der Waals surface area contributed by atoms with Crippen LogP contribution in [0.5, 0.6) is 0 Å². The first-order valence-electron chi connectivity index (χ1n) is 4.24. The Morgan fingerprint density at radius 1 is 1.60 bits per heavy atom. The second kappa shape index (κ2) is 5.19. The fraction of sp³-hybridized carbons (Fsp3) is 0.333. The van der Waals surface area contributed by atoms with Crippen LogP contribution in [0.15, 0.2) is 17.1 Å². The minimum Gasteiger partial charge on any atom is -0.462 e. The van der Waals surface area contributed by atoms with E-state index in [1.165, 1.54) is 12.3 Å². The molecule has 82 valence electrons. The molecule has 0 unspecified atom stereocenters. The van der Waals surface area contributed by atoms with Gasteiger partial charge in [0.1, 0.15) is 4.84 Å². The van der Waals surface area contributed by atoms with Crippen molar-refractivity contribution in [2.75, 3.05) is 6.61 Å². The van der Waals surface area contributed by atoms with Crippen LogP contribution in [0, 0.1) is 0 Å². The zero-order valence-electron chi connectivity index (χ0n) is 7.92. The first-order valence-corrected chi connectivity index (χ1v) is 5.11. The third-order valence-electron chi connectivity index (χ3n) is 1.68. The molecule has 0 bridgehead atoms. The lowest BCUT2D eigenvalue weighted by Gasteiger charge is -2.04. The highest BCUT2D eigenvalue weighted by Gasteiger charge is 2.13. The molecule has 0 aromatic carbocycles. The maximum absolute atomic E-state index is 11.3. The van der Waals surface area contributed by atoms with Crippen LogP contribution in [0.4, 0.5) is 0 Å². The number of carbonyl (C=O) groups is 1. The number of aromatic nitrogens is 1. The topological polar surface area (TPSA) is 59.2 Å². The van der Waals surface area contributed by atoms with Gasteiger partial charge in [-0.2, -0.15) is 0 Å². The number of carbonyl (C=O) groups excluding carboxylic acids is 1. The minimum atomic E-state index is -0.969. The number of ether oxygens (including phenoxy) is 1. The molecule has 15 heavy (non-hydrogen) atoms. The van der Waals surface area contributed by atoms with Crippen molar-refractivity contribution in [2.24, 2.45) is 0 Å². The van der Waals surface area contributed by atoms with E-state index in [1.54, 1.807) is 6.92 Å². The van der Waals surface area contributed by atoms with E-state index in [2.05, 4.69) is 4.98 Å². The molecule has 0 radical (unpaired) electrons. The van der Waals surface area contributed by atoms with Crippen LogP contribution in [0.2, 0.25) is 0 Å². The van der Waals surface area contributed by atoms with E-state index in [1.807, 2.05) is 0 Å². The summed E-state index contributed by atoms with van der Waals surface area (Å²) in [7, 11) is 0. The molecule has 1 rings (SSSR count). The standard InChI is InChI=1S/C9H9Cl2NO3/c1-2-15-9(14)5-3-6(7(10)11)8(13)12-4-5/h3-4,7H,2H2,1H3,(H,12,13). The molecule has 0 spiro atoms. The molecule has 6 heteroatoms. The lowest BCUT2D eigenvalue weighted by molar-refractivity contribution is 0.0525. The Kier molecular flexibility index (Phi) is 4.17. The number of pyridine rings is 1. The van der Waals surface area contributed by atoms with Gasteiger partial charge in [0.05, 0.1) is 17.7 Å². The second-order valence-corrected chi connectivity index (χ2v) is 3.79. The molecule has 0 aliphatic carbocycles. The first-order chi connectivity index (χ1) is 7.06. The average molecular weight is 250 g/mol. The van der Waals surface area contributed by atoms with Crippen LogP contribution in [-0.2, 0) is 4.74 Å². The number of halogens is 2. The molecular formula is C9H9Cl2NO3. The van der Waals surface area contributed by atoms with E-state index in [-0.39, 0.29) is 17.7 Å². The Hall–Kier alpha value is -1.00. The molecule has 0 atom stereocenters. The summed E-state index contributed by atoms with van der Waals surface area (Å²) in [6.07, 6.45) is 1.26. The van der Waals surface area contributed by atoms with E-state index in [0.29, 0.717) is 0 Å². The van der Waals surface area contributed by atoms with Crippen LogP contribution in [0.25, 0.3) is 0 Å². The molecular weight excluding hydrogens is 241 g/mol. The van der Waals surface area contributed by atoms with Gasteiger partial charge in [0.25, 0.3) is 5.56 Å². The number of hydrogen-bond acceptors (Lipinski definition) is 3. The monoisotopic (exact) mass is 249 g/mol. The summed E-state index contributed by atoms with van der Waals surface area (Å²) in [4.78, 5) is 23.9. The zero-order chi connectivity index (χ0) is 11.4. The average Bonchev–Trinajstić information content (AvgIpc) is 2.18. The Labute approximate surface area is 96.2 Å². The maximum Gasteiger partial charge on any atom is 0.339 e. The van der Waals surface area contributed by atoms with Crippen LogP contribution in [0.1, 0.15) is 27.7 Å². The highest BCUT2D eigenvalue weighted by atomic mass is 35.5. The Balaban J connectivity index is 3.07. The third-order valence-corrected chi connectivity index (χ3v) is 2.15. The van der Waals surface area contributed by atoms with Crippen molar-refractivity contribution < 1.29 is 9.53 Å². The summed E-state index contributed by atoms with van der Waals surface area (Å²) < 4.78 is 4.76. The number of hydrogen-bond donors (Lipinski definition) is 1. The van der Waals surface area contributed by atoms with Crippen molar-refractivity contribution in [2.45, 2.75) is 11.8 Å². The van der Waals surface area contributed by atoms with E-state index in [4.69, 9.17) is 27.9 Å². The molecule has 1 aromatic heterocycles. The number of aromatic amines is 1. The highest BCUT2D eigenvalue weighted by Crippen LogP contribution is 2.21. The van der Waals surface area contributed by atoms with E-state index >= 15 is 0 Å². The van der Waals surface area contributed by atoms with Gasteiger partial charge in [-0.15, -0.1) is 0 Å². The first kappa shape index (κ1) is 12.1. The van der Waals surface area contributed by atoms with Crippen LogP contribution in [0.3, 0.4) is 0 Å². The Bertz CT molecular complexity index is 414. The number of alkyl halides is 2. The Morgan fingerprint density at radius 3 is 2.80 bits per heavy atom. The highest BCUT2D eigenvalue weighted by molar-refractivity contribution is 6.44. The van der Waals surface area contributed by atoms with Crippen LogP contribution >= 0.6 is 23.2 Å². The molecule has 1 heterocycles. The van der Waals surface area contributed by atoms with E-state index in [0.717, 1.165) is 0 Å². The number of esters is 1. The maximum atomic E-state index is 11.3. The quantitative estimate of drug-likeness (QED) is 0.659. The zero-order valence-corrected chi connectivity index (χ0v) is 9.43. The molecule has 0 amide bonds. The van der Waals surface area contributed by atoms with Crippen LogP contribution in [-0.4, -0.2) is 17.6 Å². The van der Waals surface area contributed by atoms with Crippen LogP contribution < -0.4 is 5.56 Å². The fourth-order valence-electron chi connectivity index (χ4n) is 0.996. The number of rotatable bonds is 3. The summed E-state index contributed by atoms with van der Waals surface area (Å²) in [5.41, 5.74) is -0.0697. The van der Waals surface area contributed by atoms with Gasteiger partial charge in [0.2, 0.25) is 0 Å². The Morgan fingerprint density at radius 2 is 2.27 bits per heavy atom. The molecule has 0 saturated heterocycles. The minimum absolute atomic E-state index is 0.129. The molecule has 1 aromatic rings. The van der Waals surface area contributed by atoms with Gasteiger partial charge < -0.3 is 9.72 Å². The van der Waals surface area contributed by atoms with Gasteiger partial charge in [-0.3, -0.25) is 4.79 Å². The predicted molar refractivity (Wildman–Crippen MR) is 57.5 cm³/mol. The lowest BCUT2D eigenvalue weighted by atomic mass is 10.2. The summed E-state index contributed by atoms with van der Waals surface area (Å²) >= 11 is 11.1. The molecule has 0 saturated carbocycles. The smallest absolute Gasteiger partial charge is 0.339 e. The van der Waals surface area contributed by atoms with Crippen molar-refractivity contribution in [3.63, 3.8) is 0 Å². The predicted octanol–water partition coefficient (Wildman–Crippen LogP) is 2.03.